The third kappa shape index (κ3) is 4.65. The van der Waals surface area contributed by atoms with Gasteiger partial charge in [0, 0.05) is 32.2 Å². The molecule has 0 bridgehead atoms. The molecule has 5 aromatic carbocycles. The molecule has 7 heteroatoms. The number of rotatable bonds is 4. The molecular formula is C35H20N6S. The number of hydrogen-bond acceptors (Lipinski definition) is 7. The average molecular weight is 557 g/mol. The van der Waals surface area contributed by atoms with Crippen LogP contribution in [0.4, 0.5) is 17.1 Å². The van der Waals surface area contributed by atoms with Gasteiger partial charge in [-0.1, -0.05) is 36.0 Å². The SMILES string of the molecule is N#Cc1ccc(-c2nc(-c3ccc(C#N)cc3)nc(-c3ccc(N4c5ccccc5Sc5ccccc54)cc3)n2)cc1. The molecule has 42 heavy (non-hydrogen) atoms. The van der Waals surface area contributed by atoms with Crippen molar-refractivity contribution in [1.82, 2.24) is 15.0 Å². The molecule has 0 saturated heterocycles. The van der Waals surface area contributed by atoms with Crippen LogP contribution >= 0.6 is 11.8 Å². The Kier molecular flexibility index (Phi) is 6.41. The van der Waals surface area contributed by atoms with Crippen LogP contribution in [-0.2, 0) is 0 Å². The Morgan fingerprint density at radius 2 is 0.857 bits per heavy atom. The monoisotopic (exact) mass is 556 g/mol. The van der Waals surface area contributed by atoms with Gasteiger partial charge in [0.2, 0.25) is 0 Å². The lowest BCUT2D eigenvalue weighted by Gasteiger charge is -2.32. The summed E-state index contributed by atoms with van der Waals surface area (Å²) in [5.74, 6) is 1.54. The normalized spacial score (nSPS) is 11.6. The van der Waals surface area contributed by atoms with E-state index in [2.05, 4.69) is 77.7 Å². The number of benzene rings is 5. The summed E-state index contributed by atoms with van der Waals surface area (Å²) in [6.07, 6.45) is 0. The number of hydrogen-bond donors (Lipinski definition) is 0. The molecule has 0 amide bonds. The van der Waals surface area contributed by atoms with Crippen LogP contribution in [0.5, 0.6) is 0 Å². The van der Waals surface area contributed by atoms with Crippen LogP contribution in [0.2, 0.25) is 0 Å². The van der Waals surface area contributed by atoms with Crippen LogP contribution in [0.3, 0.4) is 0 Å². The van der Waals surface area contributed by atoms with Crippen molar-refractivity contribution in [2.24, 2.45) is 0 Å². The maximum atomic E-state index is 9.23. The Hall–Kier alpha value is -5.76. The van der Waals surface area contributed by atoms with E-state index in [1.165, 1.54) is 9.79 Å². The van der Waals surface area contributed by atoms with E-state index in [0.29, 0.717) is 28.6 Å². The molecule has 1 aliphatic heterocycles. The summed E-state index contributed by atoms with van der Waals surface area (Å²) < 4.78 is 0. The molecule has 6 nitrogen and oxygen atoms in total. The molecule has 0 radical (unpaired) electrons. The molecule has 0 fully saturated rings. The second kappa shape index (κ2) is 10.7. The number of nitriles is 2. The molecule has 0 N–H and O–H groups in total. The number of nitrogens with zero attached hydrogens (tertiary/aromatic N) is 6. The Morgan fingerprint density at radius 3 is 1.26 bits per heavy atom. The highest BCUT2D eigenvalue weighted by Gasteiger charge is 2.24. The summed E-state index contributed by atoms with van der Waals surface area (Å²) in [6.45, 7) is 0. The van der Waals surface area contributed by atoms with E-state index in [4.69, 9.17) is 15.0 Å². The van der Waals surface area contributed by atoms with E-state index >= 15 is 0 Å². The van der Waals surface area contributed by atoms with E-state index in [0.717, 1.165) is 33.8 Å². The fraction of sp³-hybridized carbons (Fsp3) is 0. The van der Waals surface area contributed by atoms with Crippen molar-refractivity contribution in [2.45, 2.75) is 9.79 Å². The zero-order valence-corrected chi connectivity index (χ0v) is 23.0. The van der Waals surface area contributed by atoms with E-state index in [1.807, 2.05) is 36.4 Å². The summed E-state index contributed by atoms with van der Waals surface area (Å²) in [6, 6.07) is 43.8. The predicted octanol–water partition coefficient (Wildman–Crippen LogP) is 8.55. The molecular weight excluding hydrogens is 536 g/mol. The van der Waals surface area contributed by atoms with Crippen molar-refractivity contribution in [1.29, 1.82) is 10.5 Å². The molecule has 1 aromatic heterocycles. The van der Waals surface area contributed by atoms with E-state index in [1.54, 1.807) is 36.0 Å². The molecule has 0 atom stereocenters. The lowest BCUT2D eigenvalue weighted by atomic mass is 10.1. The van der Waals surface area contributed by atoms with Crippen LogP contribution in [0.1, 0.15) is 11.1 Å². The first-order valence-corrected chi connectivity index (χ1v) is 14.1. The van der Waals surface area contributed by atoms with E-state index in [9.17, 15) is 10.5 Å². The largest absolute Gasteiger partial charge is 0.308 e. The van der Waals surface area contributed by atoms with Crippen molar-refractivity contribution in [3.63, 3.8) is 0 Å². The van der Waals surface area contributed by atoms with Crippen LogP contribution in [-0.4, -0.2) is 15.0 Å². The van der Waals surface area contributed by atoms with Crippen molar-refractivity contribution in [3.05, 3.63) is 132 Å². The summed E-state index contributed by atoms with van der Waals surface area (Å²) in [7, 11) is 0. The highest BCUT2D eigenvalue weighted by Crippen LogP contribution is 2.51. The smallest absolute Gasteiger partial charge is 0.164 e. The third-order valence-electron chi connectivity index (χ3n) is 7.00. The van der Waals surface area contributed by atoms with Gasteiger partial charge in [0.25, 0.3) is 0 Å². The maximum absolute atomic E-state index is 9.23. The molecule has 0 spiro atoms. The summed E-state index contributed by atoms with van der Waals surface area (Å²) in [4.78, 5) is 19.1. The number of aromatic nitrogens is 3. The fourth-order valence-electron chi connectivity index (χ4n) is 4.89. The Bertz CT molecular complexity index is 1900. The van der Waals surface area contributed by atoms with E-state index in [-0.39, 0.29) is 0 Å². The van der Waals surface area contributed by atoms with Gasteiger partial charge in [-0.05, 0) is 97.1 Å². The molecule has 0 aliphatic carbocycles. The maximum Gasteiger partial charge on any atom is 0.164 e. The van der Waals surface area contributed by atoms with Crippen LogP contribution in [0, 0.1) is 22.7 Å². The van der Waals surface area contributed by atoms with Gasteiger partial charge in [-0.3, -0.25) is 0 Å². The number of fused-ring (bicyclic) bond motifs is 2. The number of anilines is 3. The van der Waals surface area contributed by atoms with Gasteiger partial charge in [-0.15, -0.1) is 0 Å². The first-order valence-electron chi connectivity index (χ1n) is 13.2. The minimum atomic E-state index is 0.504. The van der Waals surface area contributed by atoms with Gasteiger partial charge in [-0.25, -0.2) is 15.0 Å². The van der Waals surface area contributed by atoms with Gasteiger partial charge in [0.05, 0.1) is 34.6 Å². The summed E-state index contributed by atoms with van der Waals surface area (Å²) in [5, 5.41) is 18.5. The van der Waals surface area contributed by atoms with Crippen molar-refractivity contribution in [3.8, 4) is 46.3 Å². The van der Waals surface area contributed by atoms with E-state index < -0.39 is 0 Å². The lowest BCUT2D eigenvalue weighted by molar-refractivity contribution is 1.07. The first kappa shape index (κ1) is 25.2. The zero-order chi connectivity index (χ0) is 28.5. The Balaban J connectivity index is 1.32. The molecule has 196 valence electrons. The molecule has 0 unspecified atom stereocenters. The minimum Gasteiger partial charge on any atom is -0.308 e. The Labute approximate surface area is 247 Å². The third-order valence-corrected chi connectivity index (χ3v) is 8.13. The van der Waals surface area contributed by atoms with Gasteiger partial charge in [-0.2, -0.15) is 10.5 Å². The molecule has 6 aromatic rings. The second-order valence-corrected chi connectivity index (χ2v) is 10.7. The number of para-hydroxylation sites is 2. The molecule has 0 saturated carbocycles. The summed E-state index contributed by atoms with van der Waals surface area (Å²) >= 11 is 1.78. The molecule has 1 aliphatic rings. The quantitative estimate of drug-likeness (QED) is 0.214. The second-order valence-electron chi connectivity index (χ2n) is 9.60. The lowest BCUT2D eigenvalue weighted by Crippen LogP contribution is -2.14. The highest BCUT2D eigenvalue weighted by atomic mass is 32.2. The van der Waals surface area contributed by atoms with Crippen LogP contribution < -0.4 is 4.90 Å². The first-order chi connectivity index (χ1) is 20.7. The van der Waals surface area contributed by atoms with Gasteiger partial charge in [0.15, 0.2) is 17.5 Å². The van der Waals surface area contributed by atoms with Gasteiger partial charge in [0.1, 0.15) is 0 Å². The zero-order valence-electron chi connectivity index (χ0n) is 22.1. The highest BCUT2D eigenvalue weighted by molar-refractivity contribution is 7.99. The summed E-state index contributed by atoms with van der Waals surface area (Å²) in [5.41, 5.74) is 6.85. The Morgan fingerprint density at radius 1 is 0.476 bits per heavy atom. The minimum absolute atomic E-state index is 0.504. The predicted molar refractivity (Wildman–Crippen MR) is 164 cm³/mol. The van der Waals surface area contributed by atoms with Gasteiger partial charge >= 0.3 is 0 Å². The average Bonchev–Trinajstić information content (AvgIpc) is 3.07. The van der Waals surface area contributed by atoms with Crippen LogP contribution in [0.15, 0.2) is 131 Å². The van der Waals surface area contributed by atoms with Crippen molar-refractivity contribution >= 4 is 28.8 Å². The molecule has 7 rings (SSSR count). The van der Waals surface area contributed by atoms with Crippen LogP contribution in [0.25, 0.3) is 34.2 Å². The van der Waals surface area contributed by atoms with Crippen molar-refractivity contribution in [2.75, 3.05) is 4.90 Å². The fourth-order valence-corrected chi connectivity index (χ4v) is 5.95. The van der Waals surface area contributed by atoms with Gasteiger partial charge < -0.3 is 4.90 Å². The standard InChI is InChI=1S/C35H20N6S/c36-21-23-9-13-25(14-10-23)33-38-34(26-15-11-24(22-37)12-16-26)40-35(39-33)27-17-19-28(20-18-27)41-29-5-1-3-7-31(29)42-32-8-4-2-6-30(32)41/h1-20H. The van der Waals surface area contributed by atoms with Crippen molar-refractivity contribution < 1.29 is 0 Å². The topological polar surface area (TPSA) is 89.5 Å². The molecule has 2 heterocycles.